The molecular weight excluding hydrogens is 316 g/mol. The molecule has 0 N–H and O–H groups in total. The molecule has 0 saturated heterocycles. The van der Waals surface area contributed by atoms with Gasteiger partial charge in [-0.15, -0.1) is 0 Å². The zero-order valence-electron chi connectivity index (χ0n) is 8.70. The van der Waals surface area contributed by atoms with Crippen LogP contribution in [0.1, 0.15) is 12.5 Å². The van der Waals surface area contributed by atoms with Gasteiger partial charge in [-0.3, -0.25) is 0 Å². The van der Waals surface area contributed by atoms with E-state index in [1.165, 1.54) is 12.1 Å². The SMILES string of the molecule is CC(Br)(C=O)c1ccc(Cl)c(S(C)(=O)=O)c1. The van der Waals surface area contributed by atoms with Gasteiger partial charge in [-0.05, 0) is 24.6 Å². The Hall–Kier alpha value is -0.390. The summed E-state index contributed by atoms with van der Waals surface area (Å²) in [7, 11) is -3.39. The van der Waals surface area contributed by atoms with Crippen molar-refractivity contribution in [3.05, 3.63) is 28.8 Å². The Labute approximate surface area is 108 Å². The smallest absolute Gasteiger partial charge is 0.177 e. The van der Waals surface area contributed by atoms with Crippen LogP contribution in [-0.2, 0) is 19.0 Å². The lowest BCUT2D eigenvalue weighted by molar-refractivity contribution is -0.109. The van der Waals surface area contributed by atoms with Gasteiger partial charge in [0.1, 0.15) is 10.6 Å². The highest BCUT2D eigenvalue weighted by molar-refractivity contribution is 9.10. The highest BCUT2D eigenvalue weighted by Gasteiger charge is 2.24. The predicted molar refractivity (Wildman–Crippen MR) is 66.9 cm³/mol. The first kappa shape index (κ1) is 13.7. The number of aldehydes is 1. The third-order valence-electron chi connectivity index (χ3n) is 2.12. The first-order valence-corrected chi connectivity index (χ1v) is 7.40. The van der Waals surface area contributed by atoms with Gasteiger partial charge in [0.2, 0.25) is 0 Å². The minimum Gasteiger partial charge on any atom is -0.301 e. The number of carbonyl (C=O) groups excluding carboxylic acids is 1. The minimum absolute atomic E-state index is 0.0270. The number of hydrogen-bond acceptors (Lipinski definition) is 3. The summed E-state index contributed by atoms with van der Waals surface area (Å²) in [6.45, 7) is 1.63. The number of benzene rings is 1. The molecule has 0 aliphatic heterocycles. The van der Waals surface area contributed by atoms with Crippen molar-refractivity contribution in [2.45, 2.75) is 16.1 Å². The van der Waals surface area contributed by atoms with Gasteiger partial charge in [-0.2, -0.15) is 0 Å². The van der Waals surface area contributed by atoms with Crippen LogP contribution >= 0.6 is 27.5 Å². The molecule has 1 rings (SSSR count). The monoisotopic (exact) mass is 324 g/mol. The van der Waals surface area contributed by atoms with Crippen molar-refractivity contribution in [1.82, 2.24) is 0 Å². The summed E-state index contributed by atoms with van der Waals surface area (Å²) < 4.78 is 22.0. The largest absolute Gasteiger partial charge is 0.301 e. The predicted octanol–water partition coefficient (Wildman–Crippen LogP) is 2.55. The molecule has 0 saturated carbocycles. The third-order valence-corrected chi connectivity index (χ3v) is 4.34. The topological polar surface area (TPSA) is 51.2 Å². The molecule has 0 bridgehead atoms. The van der Waals surface area contributed by atoms with Crippen molar-refractivity contribution >= 4 is 43.7 Å². The number of rotatable bonds is 3. The lowest BCUT2D eigenvalue weighted by Crippen LogP contribution is -2.15. The van der Waals surface area contributed by atoms with Gasteiger partial charge >= 0.3 is 0 Å². The maximum absolute atomic E-state index is 11.4. The number of hydrogen-bond donors (Lipinski definition) is 0. The normalized spacial score (nSPS) is 15.5. The zero-order chi connectivity index (χ0) is 12.6. The molecule has 16 heavy (non-hydrogen) atoms. The number of alkyl halides is 1. The first-order chi connectivity index (χ1) is 7.18. The standard InChI is InChI=1S/C10H10BrClO3S/c1-10(11,6-13)7-3-4-8(12)9(5-7)16(2,14)15/h3-6H,1-2H3. The Morgan fingerprint density at radius 2 is 2.00 bits per heavy atom. The van der Waals surface area contributed by atoms with Crippen LogP contribution in [0.15, 0.2) is 23.1 Å². The molecule has 1 atom stereocenters. The molecule has 6 heteroatoms. The van der Waals surface area contributed by atoms with Gasteiger partial charge in [-0.25, -0.2) is 8.42 Å². The Morgan fingerprint density at radius 3 is 2.44 bits per heavy atom. The molecule has 0 spiro atoms. The Balaban J connectivity index is 3.46. The van der Waals surface area contributed by atoms with Gasteiger partial charge < -0.3 is 4.79 Å². The second kappa shape index (κ2) is 4.47. The Kier molecular flexibility index (Phi) is 3.82. The van der Waals surface area contributed by atoms with E-state index in [9.17, 15) is 13.2 Å². The molecular formula is C10H10BrClO3S. The zero-order valence-corrected chi connectivity index (χ0v) is 11.9. The van der Waals surface area contributed by atoms with E-state index in [4.69, 9.17) is 11.6 Å². The second-order valence-corrected chi connectivity index (χ2v) is 7.65. The summed E-state index contributed by atoms with van der Waals surface area (Å²) >= 11 is 9.00. The van der Waals surface area contributed by atoms with Crippen LogP contribution in [0.4, 0.5) is 0 Å². The van der Waals surface area contributed by atoms with Crippen molar-refractivity contribution < 1.29 is 13.2 Å². The van der Waals surface area contributed by atoms with Gasteiger partial charge in [0.25, 0.3) is 0 Å². The van der Waals surface area contributed by atoms with Gasteiger partial charge in [0, 0.05) is 6.26 Å². The van der Waals surface area contributed by atoms with E-state index < -0.39 is 14.2 Å². The quantitative estimate of drug-likeness (QED) is 0.634. The van der Waals surface area contributed by atoms with Crippen molar-refractivity contribution in [1.29, 1.82) is 0 Å². The Bertz CT molecular complexity index is 523. The third kappa shape index (κ3) is 2.84. The van der Waals surface area contributed by atoms with E-state index >= 15 is 0 Å². The van der Waals surface area contributed by atoms with Crippen LogP contribution in [0.3, 0.4) is 0 Å². The molecule has 1 unspecified atom stereocenters. The Morgan fingerprint density at radius 1 is 1.44 bits per heavy atom. The molecule has 0 fully saturated rings. The number of halogens is 2. The molecule has 1 aromatic rings. The average Bonchev–Trinajstić information content (AvgIpc) is 2.16. The fourth-order valence-corrected chi connectivity index (χ4v) is 2.71. The molecule has 88 valence electrons. The summed E-state index contributed by atoms with van der Waals surface area (Å²) in [5.41, 5.74) is 0.548. The van der Waals surface area contributed by atoms with Gasteiger partial charge in [0.05, 0.1) is 9.92 Å². The van der Waals surface area contributed by atoms with E-state index in [0.717, 1.165) is 6.26 Å². The molecule has 0 aliphatic carbocycles. The summed E-state index contributed by atoms with van der Waals surface area (Å²) in [6, 6.07) is 4.48. The summed E-state index contributed by atoms with van der Waals surface area (Å²) in [5, 5.41) is 0.153. The summed E-state index contributed by atoms with van der Waals surface area (Å²) in [5.74, 6) is 0. The van der Waals surface area contributed by atoms with Crippen molar-refractivity contribution in [2.24, 2.45) is 0 Å². The van der Waals surface area contributed by atoms with E-state index in [0.29, 0.717) is 11.8 Å². The molecule has 0 heterocycles. The minimum atomic E-state index is -3.39. The lowest BCUT2D eigenvalue weighted by atomic mass is 10.0. The molecule has 3 nitrogen and oxygen atoms in total. The van der Waals surface area contributed by atoms with E-state index in [1.54, 1.807) is 13.0 Å². The molecule has 1 aromatic carbocycles. The van der Waals surface area contributed by atoms with E-state index in [1.807, 2.05) is 0 Å². The van der Waals surface area contributed by atoms with Crippen molar-refractivity contribution in [2.75, 3.05) is 6.26 Å². The maximum Gasteiger partial charge on any atom is 0.177 e. The van der Waals surface area contributed by atoms with Crippen LogP contribution in [-0.4, -0.2) is 21.0 Å². The first-order valence-electron chi connectivity index (χ1n) is 4.34. The summed E-state index contributed by atoms with van der Waals surface area (Å²) in [6.07, 6.45) is 1.77. The van der Waals surface area contributed by atoms with Crippen LogP contribution in [0.2, 0.25) is 5.02 Å². The van der Waals surface area contributed by atoms with Crippen LogP contribution in [0.5, 0.6) is 0 Å². The highest BCUT2D eigenvalue weighted by Crippen LogP contribution is 2.32. The van der Waals surface area contributed by atoms with Crippen molar-refractivity contribution in [3.63, 3.8) is 0 Å². The number of carbonyl (C=O) groups is 1. The highest BCUT2D eigenvalue weighted by atomic mass is 79.9. The van der Waals surface area contributed by atoms with Crippen LogP contribution in [0, 0.1) is 0 Å². The van der Waals surface area contributed by atoms with E-state index in [-0.39, 0.29) is 9.92 Å². The van der Waals surface area contributed by atoms with E-state index in [2.05, 4.69) is 15.9 Å². The van der Waals surface area contributed by atoms with Gasteiger partial charge in [-0.1, -0.05) is 33.6 Å². The number of sulfone groups is 1. The molecule has 0 radical (unpaired) electrons. The molecule has 0 aromatic heterocycles. The molecule has 0 amide bonds. The van der Waals surface area contributed by atoms with Gasteiger partial charge in [0.15, 0.2) is 9.84 Å². The summed E-state index contributed by atoms with van der Waals surface area (Å²) in [4.78, 5) is 10.9. The lowest BCUT2D eigenvalue weighted by Gasteiger charge is -2.16. The second-order valence-electron chi connectivity index (χ2n) is 3.61. The molecule has 0 aliphatic rings. The van der Waals surface area contributed by atoms with Crippen LogP contribution < -0.4 is 0 Å². The van der Waals surface area contributed by atoms with Crippen molar-refractivity contribution in [3.8, 4) is 0 Å². The maximum atomic E-state index is 11.4. The fraction of sp³-hybridized carbons (Fsp3) is 0.300. The fourth-order valence-electron chi connectivity index (χ4n) is 1.16. The van der Waals surface area contributed by atoms with Crippen LogP contribution in [0.25, 0.3) is 0 Å². The average molecular weight is 326 g/mol.